The maximum absolute atomic E-state index is 6.22. The molecule has 2 heterocycles. The summed E-state index contributed by atoms with van der Waals surface area (Å²) in [7, 11) is 0. The Bertz CT molecular complexity index is 2790. The summed E-state index contributed by atoms with van der Waals surface area (Å²) < 4.78 is 6.22. The van der Waals surface area contributed by atoms with E-state index in [9.17, 15) is 0 Å². The molecule has 1 unspecified atom stereocenters. The quantitative estimate of drug-likeness (QED) is 0.185. The minimum Gasteiger partial charge on any atom is -0.456 e. The molecule has 0 spiro atoms. The number of para-hydroxylation sites is 1. The molecule has 240 valence electrons. The second-order valence-corrected chi connectivity index (χ2v) is 13.2. The van der Waals surface area contributed by atoms with Crippen LogP contribution in [0.4, 0.5) is 0 Å². The first-order valence-electron chi connectivity index (χ1n) is 17.4. The fourth-order valence-electron chi connectivity index (χ4n) is 7.55. The van der Waals surface area contributed by atoms with E-state index in [2.05, 4.69) is 152 Å². The molecular weight excluding hydrogens is 623 g/mol. The van der Waals surface area contributed by atoms with Gasteiger partial charge >= 0.3 is 0 Å². The summed E-state index contributed by atoms with van der Waals surface area (Å²) in [6.07, 6.45) is 5.49. The Morgan fingerprint density at radius 2 is 1.16 bits per heavy atom. The maximum Gasteiger partial charge on any atom is 0.164 e. The molecule has 1 atom stereocenters. The van der Waals surface area contributed by atoms with Gasteiger partial charge in [0.25, 0.3) is 0 Å². The van der Waals surface area contributed by atoms with Gasteiger partial charge in [-0.25, -0.2) is 15.0 Å². The molecule has 0 saturated carbocycles. The SMILES string of the molecule is C1=Cc2ccccc2C(c2ccc(-c3nc(-c4cccc(-c5cccc6oc7ccccc7c56)c4)nc(-c4ccc5ccccc5c4)n3)cc2)C1. The van der Waals surface area contributed by atoms with Crippen molar-refractivity contribution in [2.75, 3.05) is 0 Å². The van der Waals surface area contributed by atoms with Crippen LogP contribution in [-0.4, -0.2) is 15.0 Å². The lowest BCUT2D eigenvalue weighted by molar-refractivity contribution is 0.669. The third-order valence-electron chi connectivity index (χ3n) is 10.1. The molecule has 0 aliphatic heterocycles. The first-order chi connectivity index (χ1) is 25.2. The van der Waals surface area contributed by atoms with E-state index in [4.69, 9.17) is 19.4 Å². The van der Waals surface area contributed by atoms with Gasteiger partial charge in [-0.15, -0.1) is 0 Å². The van der Waals surface area contributed by atoms with Crippen LogP contribution in [0.5, 0.6) is 0 Å². The van der Waals surface area contributed by atoms with Crippen molar-refractivity contribution in [2.45, 2.75) is 12.3 Å². The van der Waals surface area contributed by atoms with Gasteiger partial charge in [-0.05, 0) is 69.3 Å². The molecule has 0 saturated heterocycles. The standard InChI is InChI=1S/C47H31N3O/c1-2-12-34-28-37(27-22-30(34)10-1)47-49-45(33-25-23-32(24-26-33)39-18-8-13-31-11-3-4-16-38(31)39)48-46(50-47)36-15-7-14-35(29-36)40-19-9-21-43-44(40)41-17-5-6-20-42(41)51-43/h1-17,19-29,39H,18H2. The molecule has 10 rings (SSSR count). The third kappa shape index (κ3) is 5.20. The molecule has 4 nitrogen and oxygen atoms in total. The van der Waals surface area contributed by atoms with E-state index in [0.717, 1.165) is 61.6 Å². The van der Waals surface area contributed by atoms with Gasteiger partial charge in [-0.1, -0.05) is 146 Å². The largest absolute Gasteiger partial charge is 0.456 e. The van der Waals surface area contributed by atoms with E-state index in [1.54, 1.807) is 0 Å². The Morgan fingerprint density at radius 1 is 0.490 bits per heavy atom. The van der Waals surface area contributed by atoms with E-state index in [0.29, 0.717) is 23.4 Å². The molecule has 0 N–H and O–H groups in total. The minimum absolute atomic E-state index is 0.321. The van der Waals surface area contributed by atoms with Crippen LogP contribution in [0, 0.1) is 0 Å². The number of aromatic nitrogens is 3. The van der Waals surface area contributed by atoms with Gasteiger partial charge in [0, 0.05) is 33.4 Å². The monoisotopic (exact) mass is 653 g/mol. The lowest BCUT2D eigenvalue weighted by Crippen LogP contribution is -2.05. The van der Waals surface area contributed by atoms with Crippen LogP contribution >= 0.6 is 0 Å². The third-order valence-corrected chi connectivity index (χ3v) is 10.1. The zero-order valence-corrected chi connectivity index (χ0v) is 27.7. The molecule has 7 aromatic carbocycles. The van der Waals surface area contributed by atoms with Crippen molar-refractivity contribution in [3.63, 3.8) is 0 Å². The Labute approximate surface area is 295 Å². The van der Waals surface area contributed by atoms with Crippen molar-refractivity contribution in [1.82, 2.24) is 15.0 Å². The van der Waals surface area contributed by atoms with Crippen LogP contribution in [0.1, 0.15) is 29.0 Å². The lowest BCUT2D eigenvalue weighted by atomic mass is 9.82. The number of fused-ring (bicyclic) bond motifs is 5. The van der Waals surface area contributed by atoms with Gasteiger partial charge in [0.05, 0.1) is 0 Å². The highest BCUT2D eigenvalue weighted by Crippen LogP contribution is 2.39. The van der Waals surface area contributed by atoms with Gasteiger partial charge in [-0.2, -0.15) is 0 Å². The summed E-state index contributed by atoms with van der Waals surface area (Å²) in [4.78, 5) is 15.3. The fraction of sp³-hybridized carbons (Fsp3) is 0.0426. The number of hydrogen-bond acceptors (Lipinski definition) is 4. The topological polar surface area (TPSA) is 51.8 Å². The molecule has 4 heteroatoms. The van der Waals surface area contributed by atoms with Crippen molar-refractivity contribution in [2.24, 2.45) is 0 Å². The highest BCUT2D eigenvalue weighted by atomic mass is 16.3. The normalized spacial score (nSPS) is 13.9. The van der Waals surface area contributed by atoms with E-state index in [1.807, 2.05) is 18.2 Å². The fourth-order valence-corrected chi connectivity index (χ4v) is 7.55. The van der Waals surface area contributed by atoms with Crippen molar-refractivity contribution >= 4 is 38.8 Å². The van der Waals surface area contributed by atoms with Crippen LogP contribution in [0.2, 0.25) is 0 Å². The zero-order chi connectivity index (χ0) is 33.7. The first-order valence-corrected chi connectivity index (χ1v) is 17.4. The number of nitrogens with zero attached hydrogens (tertiary/aromatic N) is 3. The van der Waals surface area contributed by atoms with Crippen LogP contribution in [0.3, 0.4) is 0 Å². The molecule has 1 aliphatic carbocycles. The van der Waals surface area contributed by atoms with Gasteiger partial charge in [0.2, 0.25) is 0 Å². The average molecular weight is 654 g/mol. The summed E-state index contributed by atoms with van der Waals surface area (Å²) in [5, 5.41) is 4.53. The highest BCUT2D eigenvalue weighted by Gasteiger charge is 2.20. The zero-order valence-electron chi connectivity index (χ0n) is 27.7. The number of hydrogen-bond donors (Lipinski definition) is 0. The summed E-state index contributed by atoms with van der Waals surface area (Å²) in [6.45, 7) is 0. The predicted octanol–water partition coefficient (Wildman–Crippen LogP) is 12.1. The van der Waals surface area contributed by atoms with E-state index >= 15 is 0 Å². The maximum atomic E-state index is 6.22. The smallest absolute Gasteiger partial charge is 0.164 e. The average Bonchev–Trinajstić information content (AvgIpc) is 3.59. The van der Waals surface area contributed by atoms with Crippen molar-refractivity contribution in [3.8, 4) is 45.3 Å². The van der Waals surface area contributed by atoms with Crippen molar-refractivity contribution in [1.29, 1.82) is 0 Å². The molecule has 0 bridgehead atoms. The Morgan fingerprint density at radius 3 is 2.04 bits per heavy atom. The molecule has 2 aromatic heterocycles. The van der Waals surface area contributed by atoms with Gasteiger partial charge in [0.1, 0.15) is 11.2 Å². The molecule has 9 aromatic rings. The first kappa shape index (κ1) is 29.3. The molecule has 1 aliphatic rings. The Kier molecular flexibility index (Phi) is 6.91. The van der Waals surface area contributed by atoms with Crippen LogP contribution in [0.25, 0.3) is 84.1 Å². The number of benzene rings is 7. The van der Waals surface area contributed by atoms with E-state index in [1.165, 1.54) is 22.1 Å². The molecule has 0 fully saturated rings. The second-order valence-electron chi connectivity index (χ2n) is 13.2. The second kappa shape index (κ2) is 12.0. The van der Waals surface area contributed by atoms with E-state index in [-0.39, 0.29) is 0 Å². The summed E-state index contributed by atoms with van der Waals surface area (Å²) in [6, 6.07) is 55.2. The van der Waals surface area contributed by atoms with Gasteiger partial charge < -0.3 is 4.42 Å². The van der Waals surface area contributed by atoms with Crippen molar-refractivity contribution in [3.05, 3.63) is 180 Å². The van der Waals surface area contributed by atoms with Gasteiger partial charge in [-0.3, -0.25) is 0 Å². The minimum atomic E-state index is 0.321. The molecular formula is C47H31N3O. The van der Waals surface area contributed by atoms with Crippen LogP contribution < -0.4 is 0 Å². The summed E-state index contributed by atoms with van der Waals surface area (Å²) in [5.74, 6) is 2.24. The van der Waals surface area contributed by atoms with Gasteiger partial charge in [0.15, 0.2) is 17.5 Å². The van der Waals surface area contributed by atoms with E-state index < -0.39 is 0 Å². The number of rotatable bonds is 5. The predicted molar refractivity (Wildman–Crippen MR) is 208 cm³/mol. The highest BCUT2D eigenvalue weighted by molar-refractivity contribution is 6.12. The Hall–Kier alpha value is -6.65. The lowest BCUT2D eigenvalue weighted by Gasteiger charge is -2.22. The number of allylic oxidation sites excluding steroid dienone is 1. The number of furan rings is 1. The van der Waals surface area contributed by atoms with Crippen molar-refractivity contribution < 1.29 is 4.42 Å². The molecule has 51 heavy (non-hydrogen) atoms. The molecule has 0 amide bonds. The van der Waals surface area contributed by atoms with Crippen LogP contribution in [0.15, 0.2) is 168 Å². The van der Waals surface area contributed by atoms with Crippen LogP contribution in [-0.2, 0) is 0 Å². The summed E-state index contributed by atoms with van der Waals surface area (Å²) >= 11 is 0. The summed E-state index contributed by atoms with van der Waals surface area (Å²) in [5.41, 5.74) is 10.7. The Balaban J connectivity index is 1.10. The molecule has 0 radical (unpaired) electrons.